The Morgan fingerprint density at radius 1 is 1.21 bits per heavy atom. The summed E-state index contributed by atoms with van der Waals surface area (Å²) in [4.78, 5) is 14.2. The maximum absolute atomic E-state index is 12.7. The molecule has 2 aromatic rings. The van der Waals surface area contributed by atoms with Gasteiger partial charge in [0.2, 0.25) is 0 Å². The molecule has 0 saturated carbocycles. The van der Waals surface area contributed by atoms with Crippen LogP contribution in [0.2, 0.25) is 0 Å². The third-order valence-electron chi connectivity index (χ3n) is 2.44. The Morgan fingerprint density at radius 2 is 1.89 bits per heavy atom. The first kappa shape index (κ1) is 12.7. The molecule has 0 atom stereocenters. The number of hydrogen-bond acceptors (Lipinski definition) is 4. The van der Waals surface area contributed by atoms with Crippen LogP contribution < -0.4 is 5.73 Å². The summed E-state index contributed by atoms with van der Waals surface area (Å²) < 4.78 is 12.7. The normalized spacial score (nSPS) is 10.8. The number of aliphatic imine (C=N–C) groups is 1. The topological polar surface area (TPSA) is 81.5 Å². The summed E-state index contributed by atoms with van der Waals surface area (Å²) in [7, 11) is 0. The molecule has 0 spiro atoms. The highest BCUT2D eigenvalue weighted by Crippen LogP contribution is 2.26. The fourth-order valence-electron chi connectivity index (χ4n) is 1.47. The van der Waals surface area contributed by atoms with Crippen LogP contribution in [0.4, 0.5) is 21.5 Å². The summed E-state index contributed by atoms with van der Waals surface area (Å²) in [5.41, 5.74) is 6.48. The van der Waals surface area contributed by atoms with Crippen molar-refractivity contribution in [2.45, 2.75) is 0 Å². The summed E-state index contributed by atoms with van der Waals surface area (Å²) in [6, 6.07) is 10.0. The third kappa shape index (κ3) is 3.12. The highest BCUT2D eigenvalue weighted by Gasteiger charge is 2.11. The van der Waals surface area contributed by atoms with Crippen LogP contribution in [0.15, 0.2) is 47.5 Å². The van der Waals surface area contributed by atoms with Gasteiger partial charge in [-0.25, -0.2) is 4.39 Å². The molecule has 0 heterocycles. The second-order valence-electron chi connectivity index (χ2n) is 3.81. The van der Waals surface area contributed by atoms with Crippen LogP contribution in [-0.4, -0.2) is 11.1 Å². The van der Waals surface area contributed by atoms with Crippen LogP contribution in [0.1, 0.15) is 5.56 Å². The Kier molecular flexibility index (Phi) is 3.51. The van der Waals surface area contributed by atoms with Crippen LogP contribution in [0.5, 0.6) is 0 Å². The monoisotopic (exact) mass is 259 g/mol. The van der Waals surface area contributed by atoms with Gasteiger partial charge in [-0.1, -0.05) is 12.1 Å². The molecule has 0 aliphatic heterocycles. The molecule has 0 unspecified atom stereocenters. The van der Waals surface area contributed by atoms with Gasteiger partial charge in [0, 0.05) is 12.3 Å². The zero-order valence-corrected chi connectivity index (χ0v) is 9.79. The summed E-state index contributed by atoms with van der Waals surface area (Å²) in [5, 5.41) is 10.7. The van der Waals surface area contributed by atoms with Gasteiger partial charge in [0.25, 0.3) is 5.69 Å². The lowest BCUT2D eigenvalue weighted by molar-refractivity contribution is -0.383. The molecule has 0 bridgehead atoms. The Morgan fingerprint density at radius 3 is 2.53 bits per heavy atom. The number of nitrogens with zero attached hydrogens (tertiary/aromatic N) is 2. The predicted octanol–water partition coefficient (Wildman–Crippen LogP) is 3.07. The predicted molar refractivity (Wildman–Crippen MR) is 71.2 cm³/mol. The number of nitrogens with two attached hydrogens (primary N) is 1. The lowest BCUT2D eigenvalue weighted by atomic mass is 10.2. The molecule has 0 aliphatic carbocycles. The largest absolute Gasteiger partial charge is 0.393 e. The first-order valence-corrected chi connectivity index (χ1v) is 5.40. The average Bonchev–Trinajstić information content (AvgIpc) is 2.39. The van der Waals surface area contributed by atoms with Crippen molar-refractivity contribution in [3.8, 4) is 0 Å². The van der Waals surface area contributed by atoms with Crippen LogP contribution in [0.25, 0.3) is 0 Å². The van der Waals surface area contributed by atoms with Gasteiger partial charge in [0.15, 0.2) is 0 Å². The second-order valence-corrected chi connectivity index (χ2v) is 3.81. The maximum Gasteiger partial charge on any atom is 0.294 e. The molecule has 2 rings (SSSR count). The molecule has 0 fully saturated rings. The number of nitro benzene ring substituents is 1. The Balaban J connectivity index is 2.26. The van der Waals surface area contributed by atoms with Crippen LogP contribution in [0, 0.1) is 15.9 Å². The zero-order chi connectivity index (χ0) is 13.8. The van der Waals surface area contributed by atoms with E-state index in [1.54, 1.807) is 18.2 Å². The SMILES string of the molecule is Nc1ccc(N=Cc2ccc(F)cc2)cc1[N+](=O)[O-]. The number of anilines is 1. The molecule has 0 radical (unpaired) electrons. The minimum Gasteiger partial charge on any atom is -0.393 e. The van der Waals surface area contributed by atoms with Gasteiger partial charge < -0.3 is 5.73 Å². The van der Waals surface area contributed by atoms with Crippen molar-refractivity contribution in [2.24, 2.45) is 4.99 Å². The lowest BCUT2D eigenvalue weighted by Crippen LogP contribution is -1.94. The van der Waals surface area contributed by atoms with Crippen molar-refractivity contribution in [3.05, 3.63) is 64.0 Å². The van der Waals surface area contributed by atoms with Gasteiger partial charge in [-0.15, -0.1) is 0 Å². The second kappa shape index (κ2) is 5.26. The van der Waals surface area contributed by atoms with Crippen molar-refractivity contribution in [1.29, 1.82) is 0 Å². The van der Waals surface area contributed by atoms with E-state index in [1.807, 2.05) is 0 Å². The van der Waals surface area contributed by atoms with Gasteiger partial charge in [0.05, 0.1) is 10.6 Å². The van der Waals surface area contributed by atoms with E-state index in [-0.39, 0.29) is 17.2 Å². The van der Waals surface area contributed by atoms with E-state index in [9.17, 15) is 14.5 Å². The van der Waals surface area contributed by atoms with E-state index < -0.39 is 4.92 Å². The molecule has 2 N–H and O–H groups in total. The molecule has 2 aromatic carbocycles. The number of nitro groups is 1. The number of nitrogen functional groups attached to an aromatic ring is 1. The van der Waals surface area contributed by atoms with Gasteiger partial charge >= 0.3 is 0 Å². The highest BCUT2D eigenvalue weighted by atomic mass is 19.1. The third-order valence-corrected chi connectivity index (χ3v) is 2.44. The maximum atomic E-state index is 12.7. The fourth-order valence-corrected chi connectivity index (χ4v) is 1.47. The van der Waals surface area contributed by atoms with E-state index in [0.717, 1.165) is 0 Å². The molecule has 0 amide bonds. The van der Waals surface area contributed by atoms with Crippen LogP contribution in [0.3, 0.4) is 0 Å². The minimum atomic E-state index is -0.563. The zero-order valence-electron chi connectivity index (χ0n) is 9.79. The highest BCUT2D eigenvalue weighted by molar-refractivity contribution is 5.82. The van der Waals surface area contributed by atoms with Crippen molar-refractivity contribution < 1.29 is 9.31 Å². The van der Waals surface area contributed by atoms with E-state index >= 15 is 0 Å². The Labute approximate surface area is 108 Å². The number of hydrogen-bond donors (Lipinski definition) is 1. The molecule has 96 valence electrons. The van der Waals surface area contributed by atoms with Gasteiger partial charge in [-0.3, -0.25) is 15.1 Å². The standard InChI is InChI=1S/C13H10FN3O2/c14-10-3-1-9(2-4-10)8-16-11-5-6-12(15)13(7-11)17(18)19/h1-8H,15H2. The van der Waals surface area contributed by atoms with Crippen molar-refractivity contribution in [2.75, 3.05) is 5.73 Å². The van der Waals surface area contributed by atoms with Gasteiger partial charge in [-0.2, -0.15) is 0 Å². The number of benzene rings is 2. The quantitative estimate of drug-likeness (QED) is 0.398. The van der Waals surface area contributed by atoms with Crippen molar-refractivity contribution >= 4 is 23.3 Å². The molecule has 0 saturated heterocycles. The van der Waals surface area contributed by atoms with Crippen molar-refractivity contribution in [1.82, 2.24) is 0 Å². The summed E-state index contributed by atoms with van der Waals surface area (Å²) in [5.74, 6) is -0.333. The molecule has 0 aromatic heterocycles. The molecular weight excluding hydrogens is 249 g/mol. The Bertz CT molecular complexity index is 639. The van der Waals surface area contributed by atoms with Gasteiger partial charge in [-0.05, 0) is 29.8 Å². The minimum absolute atomic E-state index is 0.0886. The molecule has 0 aliphatic rings. The first-order chi connectivity index (χ1) is 9.06. The van der Waals surface area contributed by atoms with Crippen molar-refractivity contribution in [3.63, 3.8) is 0 Å². The van der Waals surface area contributed by atoms with Gasteiger partial charge in [0.1, 0.15) is 11.5 Å². The van der Waals surface area contributed by atoms with E-state index in [0.29, 0.717) is 11.3 Å². The Hall–Kier alpha value is -2.76. The fraction of sp³-hybridized carbons (Fsp3) is 0. The summed E-state index contributed by atoms with van der Waals surface area (Å²) in [6.45, 7) is 0. The lowest BCUT2D eigenvalue weighted by Gasteiger charge is -1.98. The molecule has 19 heavy (non-hydrogen) atoms. The molecular formula is C13H10FN3O2. The van der Waals surface area contributed by atoms with E-state index in [1.165, 1.54) is 30.5 Å². The number of halogens is 1. The van der Waals surface area contributed by atoms with E-state index in [2.05, 4.69) is 4.99 Å². The summed E-state index contributed by atoms with van der Waals surface area (Å²) >= 11 is 0. The summed E-state index contributed by atoms with van der Waals surface area (Å²) in [6.07, 6.45) is 1.49. The average molecular weight is 259 g/mol. The van der Waals surface area contributed by atoms with Crippen LogP contribution in [-0.2, 0) is 0 Å². The molecule has 6 heteroatoms. The van der Waals surface area contributed by atoms with E-state index in [4.69, 9.17) is 5.73 Å². The van der Waals surface area contributed by atoms with Crippen LogP contribution >= 0.6 is 0 Å². The smallest absolute Gasteiger partial charge is 0.294 e. The first-order valence-electron chi connectivity index (χ1n) is 5.40. The number of rotatable bonds is 3. The molecule has 5 nitrogen and oxygen atoms in total.